The van der Waals surface area contributed by atoms with E-state index in [1.165, 1.54) is 0 Å². The van der Waals surface area contributed by atoms with Crippen molar-refractivity contribution in [2.45, 2.75) is 13.0 Å². The van der Waals surface area contributed by atoms with Gasteiger partial charge in [-0.05, 0) is 25.1 Å². The highest BCUT2D eigenvalue weighted by atomic mass is 35.5. The Kier molecular flexibility index (Phi) is 5.55. The third-order valence-corrected chi connectivity index (χ3v) is 2.54. The first-order chi connectivity index (χ1) is 8.02. The van der Waals surface area contributed by atoms with Crippen molar-refractivity contribution < 1.29 is 9.53 Å². The number of carbonyl (C=O) groups excluding carboxylic acids is 1. The number of hydrogen-bond acceptors (Lipinski definition) is 3. The monoisotopic (exact) mass is 276 g/mol. The van der Waals surface area contributed by atoms with Gasteiger partial charge in [-0.25, -0.2) is 0 Å². The molecule has 17 heavy (non-hydrogen) atoms. The molecule has 94 valence electrons. The molecule has 0 unspecified atom stereocenters. The lowest BCUT2D eigenvalue weighted by Crippen LogP contribution is -2.40. The Labute approximate surface area is 110 Å². The zero-order valence-corrected chi connectivity index (χ0v) is 10.9. The predicted octanol–water partition coefficient (Wildman–Crippen LogP) is 1.84. The van der Waals surface area contributed by atoms with Crippen molar-refractivity contribution in [2.75, 3.05) is 13.2 Å². The fourth-order valence-electron chi connectivity index (χ4n) is 1.11. The minimum Gasteiger partial charge on any atom is -0.482 e. The second-order valence-corrected chi connectivity index (χ2v) is 4.41. The van der Waals surface area contributed by atoms with Crippen LogP contribution in [-0.4, -0.2) is 25.1 Å². The zero-order valence-electron chi connectivity index (χ0n) is 9.37. The van der Waals surface area contributed by atoms with E-state index in [-0.39, 0.29) is 18.6 Å². The summed E-state index contributed by atoms with van der Waals surface area (Å²) in [6.45, 7) is 2.09. The van der Waals surface area contributed by atoms with Gasteiger partial charge in [0.15, 0.2) is 6.61 Å². The Morgan fingerprint density at radius 2 is 2.24 bits per heavy atom. The van der Waals surface area contributed by atoms with Gasteiger partial charge in [-0.15, -0.1) is 0 Å². The number of rotatable bonds is 5. The van der Waals surface area contributed by atoms with E-state index < -0.39 is 0 Å². The Bertz CT molecular complexity index is 399. The second-order valence-electron chi connectivity index (χ2n) is 3.57. The van der Waals surface area contributed by atoms with Gasteiger partial charge < -0.3 is 15.8 Å². The van der Waals surface area contributed by atoms with E-state index >= 15 is 0 Å². The van der Waals surface area contributed by atoms with Gasteiger partial charge in [0.2, 0.25) is 0 Å². The van der Waals surface area contributed by atoms with Crippen molar-refractivity contribution in [3.63, 3.8) is 0 Å². The molecule has 1 aromatic carbocycles. The highest BCUT2D eigenvalue weighted by Gasteiger charge is 2.08. The average Bonchev–Trinajstić information content (AvgIpc) is 2.27. The summed E-state index contributed by atoms with van der Waals surface area (Å²) in [5, 5.41) is 3.56. The molecular weight excluding hydrogens is 263 g/mol. The Balaban J connectivity index is 2.47. The SMILES string of the molecule is C[C@@H](CN)NC(=O)COc1ccc(Cl)cc1Cl. The van der Waals surface area contributed by atoms with Crippen LogP contribution in [0, 0.1) is 0 Å². The van der Waals surface area contributed by atoms with Gasteiger partial charge in [-0.1, -0.05) is 23.2 Å². The first-order valence-electron chi connectivity index (χ1n) is 5.10. The maximum absolute atomic E-state index is 11.4. The fraction of sp³-hybridized carbons (Fsp3) is 0.364. The van der Waals surface area contributed by atoms with E-state index in [9.17, 15) is 4.79 Å². The quantitative estimate of drug-likeness (QED) is 0.863. The van der Waals surface area contributed by atoms with Crippen LogP contribution in [0.15, 0.2) is 18.2 Å². The van der Waals surface area contributed by atoms with Crippen LogP contribution in [0.5, 0.6) is 5.75 Å². The summed E-state index contributed by atoms with van der Waals surface area (Å²) in [5.74, 6) is 0.181. The lowest BCUT2D eigenvalue weighted by molar-refractivity contribution is -0.123. The summed E-state index contributed by atoms with van der Waals surface area (Å²) in [6, 6.07) is 4.73. The molecule has 0 aliphatic carbocycles. The molecule has 0 saturated heterocycles. The fourth-order valence-corrected chi connectivity index (χ4v) is 1.57. The molecular formula is C11H14Cl2N2O2. The summed E-state index contributed by atoms with van der Waals surface area (Å²) >= 11 is 11.6. The van der Waals surface area contributed by atoms with Crippen LogP contribution in [0.1, 0.15) is 6.92 Å². The first-order valence-corrected chi connectivity index (χ1v) is 5.85. The third-order valence-electron chi connectivity index (χ3n) is 2.01. The zero-order chi connectivity index (χ0) is 12.8. The highest BCUT2D eigenvalue weighted by Crippen LogP contribution is 2.27. The molecule has 0 radical (unpaired) electrons. The van der Waals surface area contributed by atoms with Gasteiger partial charge in [0.1, 0.15) is 5.75 Å². The van der Waals surface area contributed by atoms with Crippen LogP contribution in [-0.2, 0) is 4.79 Å². The van der Waals surface area contributed by atoms with E-state index in [4.69, 9.17) is 33.7 Å². The molecule has 0 spiro atoms. The van der Waals surface area contributed by atoms with Crippen LogP contribution >= 0.6 is 23.2 Å². The molecule has 6 heteroatoms. The van der Waals surface area contributed by atoms with Crippen LogP contribution in [0.4, 0.5) is 0 Å². The summed E-state index contributed by atoms with van der Waals surface area (Å²) < 4.78 is 5.26. The molecule has 0 aliphatic heterocycles. The number of halogens is 2. The first kappa shape index (κ1) is 14.1. The molecule has 4 nitrogen and oxygen atoms in total. The number of amides is 1. The molecule has 1 atom stereocenters. The molecule has 0 bridgehead atoms. The van der Waals surface area contributed by atoms with Crippen LogP contribution in [0.3, 0.4) is 0 Å². The third kappa shape index (κ3) is 4.81. The largest absolute Gasteiger partial charge is 0.482 e. The molecule has 0 aliphatic rings. The molecule has 3 N–H and O–H groups in total. The minimum atomic E-state index is -0.242. The number of nitrogens with one attached hydrogen (secondary N) is 1. The summed E-state index contributed by atoms with van der Waals surface area (Å²) in [5.41, 5.74) is 5.38. The Morgan fingerprint density at radius 1 is 1.53 bits per heavy atom. The van der Waals surface area contributed by atoms with Crippen LogP contribution in [0.25, 0.3) is 0 Å². The van der Waals surface area contributed by atoms with Crippen molar-refractivity contribution in [2.24, 2.45) is 5.73 Å². The topological polar surface area (TPSA) is 64.3 Å². The molecule has 1 rings (SSSR count). The summed E-state index contributed by atoms with van der Waals surface area (Å²) in [7, 11) is 0. The van der Waals surface area contributed by atoms with E-state index in [0.717, 1.165) is 0 Å². The van der Waals surface area contributed by atoms with Gasteiger partial charge in [0.05, 0.1) is 5.02 Å². The average molecular weight is 277 g/mol. The van der Waals surface area contributed by atoms with Gasteiger partial charge in [-0.2, -0.15) is 0 Å². The Morgan fingerprint density at radius 3 is 2.82 bits per heavy atom. The smallest absolute Gasteiger partial charge is 0.258 e. The minimum absolute atomic E-state index is 0.0770. The standard InChI is InChI=1S/C11H14Cl2N2O2/c1-7(5-14)15-11(16)6-17-10-3-2-8(12)4-9(10)13/h2-4,7H,5-6,14H2,1H3,(H,15,16)/t7-/m0/s1. The number of benzene rings is 1. The summed E-state index contributed by atoms with van der Waals surface area (Å²) in [6.07, 6.45) is 0. The normalized spacial score (nSPS) is 12.0. The van der Waals surface area contributed by atoms with Crippen molar-refractivity contribution >= 4 is 29.1 Å². The van der Waals surface area contributed by atoms with Crippen molar-refractivity contribution in [3.05, 3.63) is 28.2 Å². The highest BCUT2D eigenvalue weighted by molar-refractivity contribution is 6.35. The lowest BCUT2D eigenvalue weighted by Gasteiger charge is -2.12. The van der Waals surface area contributed by atoms with Crippen LogP contribution in [0.2, 0.25) is 10.0 Å². The predicted molar refractivity (Wildman–Crippen MR) is 68.6 cm³/mol. The van der Waals surface area contributed by atoms with Gasteiger partial charge in [-0.3, -0.25) is 4.79 Å². The lowest BCUT2D eigenvalue weighted by atomic mass is 10.3. The van der Waals surface area contributed by atoms with Gasteiger partial charge >= 0.3 is 0 Å². The van der Waals surface area contributed by atoms with E-state index in [1.807, 2.05) is 6.92 Å². The number of nitrogens with two attached hydrogens (primary N) is 1. The number of ether oxygens (including phenoxy) is 1. The van der Waals surface area contributed by atoms with E-state index in [1.54, 1.807) is 18.2 Å². The maximum atomic E-state index is 11.4. The Hall–Kier alpha value is -0.970. The molecule has 1 aromatic rings. The molecule has 0 saturated carbocycles. The second kappa shape index (κ2) is 6.69. The number of carbonyl (C=O) groups is 1. The van der Waals surface area contributed by atoms with E-state index in [2.05, 4.69) is 5.32 Å². The van der Waals surface area contributed by atoms with Gasteiger partial charge in [0, 0.05) is 17.6 Å². The van der Waals surface area contributed by atoms with Crippen molar-refractivity contribution in [1.82, 2.24) is 5.32 Å². The number of hydrogen-bond donors (Lipinski definition) is 2. The van der Waals surface area contributed by atoms with Gasteiger partial charge in [0.25, 0.3) is 5.91 Å². The van der Waals surface area contributed by atoms with Crippen LogP contribution < -0.4 is 15.8 Å². The molecule has 0 aromatic heterocycles. The summed E-state index contributed by atoms with van der Waals surface area (Å²) in [4.78, 5) is 11.4. The molecule has 0 fully saturated rings. The van der Waals surface area contributed by atoms with Crippen molar-refractivity contribution in [3.8, 4) is 5.75 Å². The maximum Gasteiger partial charge on any atom is 0.258 e. The van der Waals surface area contributed by atoms with E-state index in [0.29, 0.717) is 22.3 Å². The molecule has 0 heterocycles. The molecule has 1 amide bonds. The van der Waals surface area contributed by atoms with Crippen molar-refractivity contribution in [1.29, 1.82) is 0 Å².